The number of benzene rings is 1. The van der Waals surface area contributed by atoms with Gasteiger partial charge < -0.3 is 15.8 Å². The van der Waals surface area contributed by atoms with Crippen molar-refractivity contribution >= 4 is 5.82 Å². The molecule has 5 nitrogen and oxygen atoms in total. The molecule has 2 aromatic heterocycles. The first kappa shape index (κ1) is 21.9. The molecule has 3 aromatic rings. The van der Waals surface area contributed by atoms with Crippen LogP contribution in [0.5, 0.6) is 0 Å². The molecular weight excluding hydrogens is 429 g/mol. The molecule has 33 heavy (non-hydrogen) atoms. The van der Waals surface area contributed by atoms with Gasteiger partial charge in [-0.05, 0) is 59.2 Å². The van der Waals surface area contributed by atoms with Gasteiger partial charge in [0.05, 0.1) is 6.54 Å². The monoisotopic (exact) mass is 454 g/mol. The molecule has 1 aromatic carbocycles. The predicted octanol–water partition coefficient (Wildman–Crippen LogP) is 5.10. The second kappa shape index (κ2) is 8.76. The summed E-state index contributed by atoms with van der Waals surface area (Å²) in [5, 5.41) is 3.01. The van der Waals surface area contributed by atoms with Gasteiger partial charge in [-0.3, -0.25) is 0 Å². The molecule has 8 heteroatoms. The molecule has 2 aliphatic heterocycles. The number of hydrogen-bond donors (Lipinski definition) is 2. The minimum absolute atomic E-state index is 0.228. The molecular formula is C25H25F3N4O. The first-order valence-corrected chi connectivity index (χ1v) is 11.1. The molecule has 1 atom stereocenters. The van der Waals surface area contributed by atoms with Crippen molar-refractivity contribution in [3.05, 3.63) is 65.9 Å². The lowest BCUT2D eigenvalue weighted by molar-refractivity contribution is 0.0209. The fraction of sp³-hybridized carbons (Fsp3) is 0.360. The Morgan fingerprint density at radius 2 is 1.79 bits per heavy atom. The summed E-state index contributed by atoms with van der Waals surface area (Å²) in [6.07, 6.45) is 4.55. The average molecular weight is 454 g/mol. The third kappa shape index (κ3) is 4.58. The molecule has 0 amide bonds. The van der Waals surface area contributed by atoms with Gasteiger partial charge in [0.2, 0.25) is 5.95 Å². The highest BCUT2D eigenvalue weighted by Crippen LogP contribution is 2.41. The molecule has 172 valence electrons. The molecule has 4 heterocycles. The average Bonchev–Trinajstić information content (AvgIpc) is 3.19. The zero-order chi connectivity index (χ0) is 23.0. The number of nitrogens with zero attached hydrogens (tertiary/aromatic N) is 2. The van der Waals surface area contributed by atoms with E-state index >= 15 is 0 Å². The summed E-state index contributed by atoms with van der Waals surface area (Å²) in [4.78, 5) is 7.90. The van der Waals surface area contributed by atoms with Crippen LogP contribution >= 0.6 is 0 Å². The topological polar surface area (TPSA) is 73.1 Å². The standard InChI is InChI=1S/C25H25F3N4O/c26-23-11-17(3-6-30-23)20-10-18(13-31-24(20)29)16-1-2-19(15-4-7-33-8-5-15)21(9-16)22-12-25(27,28)14-32-22/h1-3,6,9-11,13,15,22,32H,4-5,7-8,12,14H2,(H2,29,31)/t22-/m1/s1. The summed E-state index contributed by atoms with van der Waals surface area (Å²) in [6.45, 7) is 1.03. The number of ether oxygens (including phenoxy) is 1. The lowest BCUT2D eigenvalue weighted by Crippen LogP contribution is -2.21. The van der Waals surface area contributed by atoms with Crippen molar-refractivity contribution < 1.29 is 17.9 Å². The van der Waals surface area contributed by atoms with Crippen LogP contribution in [0, 0.1) is 5.95 Å². The van der Waals surface area contributed by atoms with Crippen molar-refractivity contribution in [3.63, 3.8) is 0 Å². The van der Waals surface area contributed by atoms with Gasteiger partial charge in [-0.2, -0.15) is 4.39 Å². The summed E-state index contributed by atoms with van der Waals surface area (Å²) in [6, 6.07) is 10.4. The van der Waals surface area contributed by atoms with Gasteiger partial charge in [0.15, 0.2) is 0 Å². The Morgan fingerprint density at radius 3 is 2.52 bits per heavy atom. The molecule has 2 fully saturated rings. The van der Waals surface area contributed by atoms with Crippen LogP contribution < -0.4 is 11.1 Å². The van der Waals surface area contributed by atoms with Crippen LogP contribution in [0.2, 0.25) is 0 Å². The van der Waals surface area contributed by atoms with Crippen molar-refractivity contribution in [3.8, 4) is 22.3 Å². The van der Waals surface area contributed by atoms with Gasteiger partial charge in [-0.1, -0.05) is 12.1 Å². The van der Waals surface area contributed by atoms with Crippen LogP contribution in [0.4, 0.5) is 19.0 Å². The summed E-state index contributed by atoms with van der Waals surface area (Å²) < 4.78 is 47.3. The van der Waals surface area contributed by atoms with E-state index in [0.29, 0.717) is 24.3 Å². The maximum atomic E-state index is 14.1. The quantitative estimate of drug-likeness (QED) is 0.537. The van der Waals surface area contributed by atoms with E-state index in [0.717, 1.165) is 35.1 Å². The smallest absolute Gasteiger partial charge is 0.262 e. The number of alkyl halides is 2. The van der Waals surface area contributed by atoms with Crippen molar-refractivity contribution in [1.82, 2.24) is 15.3 Å². The van der Waals surface area contributed by atoms with E-state index in [1.807, 2.05) is 24.3 Å². The number of nitrogens with two attached hydrogens (primary N) is 1. The van der Waals surface area contributed by atoms with Crippen LogP contribution in [0.25, 0.3) is 22.3 Å². The number of aromatic nitrogens is 2. The third-order valence-corrected chi connectivity index (χ3v) is 6.52. The fourth-order valence-electron chi connectivity index (χ4n) is 4.81. The Bertz CT molecular complexity index is 1160. The van der Waals surface area contributed by atoms with Crippen molar-refractivity contribution in [2.75, 3.05) is 25.5 Å². The first-order valence-electron chi connectivity index (χ1n) is 11.1. The number of hydrogen-bond acceptors (Lipinski definition) is 5. The predicted molar refractivity (Wildman–Crippen MR) is 120 cm³/mol. The fourth-order valence-corrected chi connectivity index (χ4v) is 4.81. The van der Waals surface area contributed by atoms with Crippen LogP contribution in [0.3, 0.4) is 0 Å². The molecule has 0 aliphatic carbocycles. The van der Waals surface area contributed by atoms with Crippen LogP contribution in [-0.2, 0) is 4.74 Å². The molecule has 0 radical (unpaired) electrons. The Hall–Kier alpha value is -2.97. The molecule has 2 saturated heterocycles. The molecule has 0 spiro atoms. The molecule has 5 rings (SSSR count). The lowest BCUT2D eigenvalue weighted by atomic mass is 9.84. The van der Waals surface area contributed by atoms with E-state index in [-0.39, 0.29) is 24.7 Å². The maximum Gasteiger partial charge on any atom is 0.262 e. The summed E-state index contributed by atoms with van der Waals surface area (Å²) in [5.41, 5.74) is 10.9. The second-order valence-corrected chi connectivity index (χ2v) is 8.75. The summed E-state index contributed by atoms with van der Waals surface area (Å²) >= 11 is 0. The molecule has 0 bridgehead atoms. The maximum absolute atomic E-state index is 14.1. The van der Waals surface area contributed by atoms with E-state index < -0.39 is 17.9 Å². The summed E-state index contributed by atoms with van der Waals surface area (Å²) in [5.74, 6) is -2.78. The second-order valence-electron chi connectivity index (χ2n) is 8.75. The largest absolute Gasteiger partial charge is 0.383 e. The summed E-state index contributed by atoms with van der Waals surface area (Å²) in [7, 11) is 0. The normalized spacial score (nSPS) is 20.8. The van der Waals surface area contributed by atoms with Crippen LogP contribution in [-0.4, -0.2) is 35.6 Å². The van der Waals surface area contributed by atoms with Gasteiger partial charge in [-0.15, -0.1) is 0 Å². The first-order chi connectivity index (χ1) is 15.9. The number of halogens is 3. The van der Waals surface area contributed by atoms with E-state index in [2.05, 4.69) is 15.3 Å². The number of nitrogen functional groups attached to an aromatic ring is 1. The SMILES string of the molecule is Nc1ncc(-c2ccc(C3CCOCC3)c([C@H]3CC(F)(F)CN3)c2)cc1-c1ccnc(F)c1. The minimum Gasteiger partial charge on any atom is -0.383 e. The Balaban J connectivity index is 1.56. The van der Waals surface area contributed by atoms with Crippen molar-refractivity contribution in [2.45, 2.75) is 37.1 Å². The van der Waals surface area contributed by atoms with E-state index in [4.69, 9.17) is 10.5 Å². The Morgan fingerprint density at radius 1 is 0.970 bits per heavy atom. The Labute approximate surface area is 190 Å². The minimum atomic E-state index is -2.73. The highest BCUT2D eigenvalue weighted by molar-refractivity contribution is 5.79. The van der Waals surface area contributed by atoms with Crippen LogP contribution in [0.15, 0.2) is 48.8 Å². The molecule has 0 saturated carbocycles. The molecule has 0 unspecified atom stereocenters. The Kier molecular flexibility index (Phi) is 5.80. The number of rotatable bonds is 4. The van der Waals surface area contributed by atoms with Gasteiger partial charge in [-0.25, -0.2) is 18.7 Å². The number of anilines is 1. The number of nitrogens with one attached hydrogen (secondary N) is 1. The van der Waals surface area contributed by atoms with Gasteiger partial charge in [0, 0.05) is 55.3 Å². The molecule has 3 N–H and O–H groups in total. The zero-order valence-corrected chi connectivity index (χ0v) is 18.0. The number of pyridine rings is 2. The van der Waals surface area contributed by atoms with Gasteiger partial charge >= 0.3 is 0 Å². The van der Waals surface area contributed by atoms with Gasteiger partial charge in [0.25, 0.3) is 5.92 Å². The zero-order valence-electron chi connectivity index (χ0n) is 18.0. The van der Waals surface area contributed by atoms with E-state index in [1.165, 1.54) is 12.3 Å². The van der Waals surface area contributed by atoms with Gasteiger partial charge in [0.1, 0.15) is 5.82 Å². The highest BCUT2D eigenvalue weighted by atomic mass is 19.3. The lowest BCUT2D eigenvalue weighted by Gasteiger charge is -2.27. The van der Waals surface area contributed by atoms with E-state index in [9.17, 15) is 13.2 Å². The molecule has 2 aliphatic rings. The third-order valence-electron chi connectivity index (χ3n) is 6.52. The highest BCUT2D eigenvalue weighted by Gasteiger charge is 2.41. The van der Waals surface area contributed by atoms with Crippen LogP contribution in [0.1, 0.15) is 42.3 Å². The van der Waals surface area contributed by atoms with Crippen molar-refractivity contribution in [1.29, 1.82) is 0 Å². The van der Waals surface area contributed by atoms with E-state index in [1.54, 1.807) is 12.3 Å². The van der Waals surface area contributed by atoms with Crippen molar-refractivity contribution in [2.24, 2.45) is 0 Å².